The molecule has 1 unspecified atom stereocenters. The molecule has 0 aromatic heterocycles. The molecule has 2 rings (SSSR count). The van der Waals surface area contributed by atoms with Crippen molar-refractivity contribution in [3.63, 3.8) is 0 Å². The Kier molecular flexibility index (Phi) is 2.10. The molecule has 1 N–H and O–H groups in total. The minimum absolute atomic E-state index is 0.175. The number of hydrogen-bond acceptors (Lipinski definition) is 3. The Balaban J connectivity index is 2.40. The van der Waals surface area contributed by atoms with E-state index in [-0.39, 0.29) is 6.04 Å². The van der Waals surface area contributed by atoms with E-state index in [1.165, 1.54) is 0 Å². The second-order valence-electron chi connectivity index (χ2n) is 2.64. The first kappa shape index (κ1) is 8.47. The van der Waals surface area contributed by atoms with Crippen LogP contribution in [0.15, 0.2) is 26.2 Å². The van der Waals surface area contributed by atoms with Gasteiger partial charge in [0.25, 0.3) is 0 Å². The Hall–Kier alpha value is -0.130. The highest BCUT2D eigenvalue weighted by molar-refractivity contribution is 9.12. The van der Waals surface area contributed by atoms with E-state index in [1.807, 2.05) is 19.2 Å². The van der Waals surface area contributed by atoms with Crippen molar-refractivity contribution in [1.82, 2.24) is 10.5 Å². The number of allylic oxidation sites excluding steroid dienone is 2. The van der Waals surface area contributed by atoms with Gasteiger partial charge in [0.2, 0.25) is 0 Å². The summed E-state index contributed by atoms with van der Waals surface area (Å²) in [6.07, 6.45) is 4.00. The van der Waals surface area contributed by atoms with Crippen molar-refractivity contribution in [3.05, 3.63) is 21.1 Å². The summed E-state index contributed by atoms with van der Waals surface area (Å²) < 4.78 is 2.14. The molecule has 0 fully saturated rings. The molecule has 12 heavy (non-hydrogen) atoms. The van der Waals surface area contributed by atoms with E-state index in [1.54, 1.807) is 5.12 Å². The lowest BCUT2D eigenvalue weighted by Crippen LogP contribution is -2.37. The van der Waals surface area contributed by atoms with Gasteiger partial charge in [0.15, 0.2) is 0 Å². The second kappa shape index (κ2) is 2.97. The summed E-state index contributed by atoms with van der Waals surface area (Å²) in [5.74, 6) is 0. The van der Waals surface area contributed by atoms with Gasteiger partial charge in [0.05, 0.1) is 0 Å². The Labute approximate surface area is 87.4 Å². The normalized spacial score (nSPS) is 27.8. The number of nitrogens with zero attached hydrogens (tertiary/aromatic N) is 2. The fourth-order valence-electron chi connectivity index (χ4n) is 1.21. The average molecular weight is 293 g/mol. The van der Waals surface area contributed by atoms with Crippen molar-refractivity contribution in [1.29, 1.82) is 0 Å². The first-order chi connectivity index (χ1) is 5.68. The molecule has 5 heteroatoms. The predicted molar refractivity (Wildman–Crippen MR) is 56.1 cm³/mol. The third-order valence-electron chi connectivity index (χ3n) is 1.76. The number of nitrogens with one attached hydrogen (secondary N) is 1. The summed E-state index contributed by atoms with van der Waals surface area (Å²) in [4.78, 5) is 0. The summed E-state index contributed by atoms with van der Waals surface area (Å²) >= 11 is 6.92. The molecule has 0 saturated heterocycles. The molecule has 3 nitrogen and oxygen atoms in total. The molecular formula is C7H7Br2N3. The zero-order valence-electron chi connectivity index (χ0n) is 6.38. The number of hydrazine groups is 1. The van der Waals surface area contributed by atoms with Gasteiger partial charge < -0.3 is 0 Å². The molecule has 1 atom stereocenters. The van der Waals surface area contributed by atoms with Gasteiger partial charge in [-0.2, -0.15) is 5.10 Å². The molecular weight excluding hydrogens is 286 g/mol. The lowest BCUT2D eigenvalue weighted by Gasteiger charge is -2.16. The quantitative estimate of drug-likeness (QED) is 0.736. The molecule has 0 spiro atoms. The Morgan fingerprint density at radius 3 is 2.92 bits per heavy atom. The van der Waals surface area contributed by atoms with E-state index in [2.05, 4.69) is 42.4 Å². The molecule has 0 bridgehead atoms. The monoisotopic (exact) mass is 291 g/mol. The molecule has 0 aromatic rings. The Bertz CT molecular complexity index is 306. The van der Waals surface area contributed by atoms with E-state index in [9.17, 15) is 0 Å². The fourth-order valence-corrected chi connectivity index (χ4v) is 2.10. The van der Waals surface area contributed by atoms with Crippen LogP contribution in [0.4, 0.5) is 0 Å². The predicted octanol–water partition coefficient (Wildman–Crippen LogP) is 1.73. The lowest BCUT2D eigenvalue weighted by molar-refractivity contribution is 0.273. The van der Waals surface area contributed by atoms with Crippen molar-refractivity contribution in [2.45, 2.75) is 6.04 Å². The maximum absolute atomic E-state index is 4.29. The van der Waals surface area contributed by atoms with Crippen molar-refractivity contribution in [3.8, 4) is 0 Å². The highest BCUT2D eigenvalue weighted by Crippen LogP contribution is 2.27. The second-order valence-corrected chi connectivity index (χ2v) is 4.41. The van der Waals surface area contributed by atoms with Crippen molar-refractivity contribution < 1.29 is 0 Å². The summed E-state index contributed by atoms with van der Waals surface area (Å²) in [5.41, 5.74) is 4.20. The van der Waals surface area contributed by atoms with Gasteiger partial charge in [-0.25, -0.2) is 10.5 Å². The van der Waals surface area contributed by atoms with E-state index in [0.717, 1.165) is 14.7 Å². The third kappa shape index (κ3) is 1.26. The summed E-state index contributed by atoms with van der Waals surface area (Å²) in [7, 11) is 1.88. The summed E-state index contributed by atoms with van der Waals surface area (Å²) in [6, 6.07) is 0.175. The maximum atomic E-state index is 4.29. The molecule has 1 aliphatic carbocycles. The van der Waals surface area contributed by atoms with Gasteiger partial charge in [-0.1, -0.05) is 15.9 Å². The Morgan fingerprint density at radius 1 is 1.50 bits per heavy atom. The third-order valence-corrected chi connectivity index (χ3v) is 3.15. The number of hydrazone groups is 1. The first-order valence-corrected chi connectivity index (χ1v) is 5.09. The standard InChI is InChI=1S/C7H7Br2N3/c1-12-10-6-4(8)2-3-5(9)7(6)11-12/h2-3,6,10H,1H3. The molecule has 64 valence electrons. The average Bonchev–Trinajstić information content (AvgIpc) is 2.41. The molecule has 1 aliphatic heterocycles. The topological polar surface area (TPSA) is 27.6 Å². The van der Waals surface area contributed by atoms with Crippen LogP contribution in [-0.4, -0.2) is 23.9 Å². The molecule has 0 saturated carbocycles. The van der Waals surface area contributed by atoms with Crippen molar-refractivity contribution >= 4 is 37.6 Å². The lowest BCUT2D eigenvalue weighted by atomic mass is 10.1. The van der Waals surface area contributed by atoms with Gasteiger partial charge in [-0.3, -0.25) is 0 Å². The van der Waals surface area contributed by atoms with Gasteiger partial charge in [0, 0.05) is 16.0 Å². The van der Waals surface area contributed by atoms with E-state index in [0.29, 0.717) is 0 Å². The van der Waals surface area contributed by atoms with Crippen LogP contribution in [0.5, 0.6) is 0 Å². The zero-order chi connectivity index (χ0) is 8.72. The van der Waals surface area contributed by atoms with E-state index < -0.39 is 0 Å². The van der Waals surface area contributed by atoms with Crippen LogP contribution in [0.2, 0.25) is 0 Å². The molecule has 0 radical (unpaired) electrons. The minimum atomic E-state index is 0.175. The smallest absolute Gasteiger partial charge is 0.104 e. The number of rotatable bonds is 0. The largest absolute Gasteiger partial charge is 0.232 e. The van der Waals surface area contributed by atoms with Crippen LogP contribution >= 0.6 is 31.9 Å². The highest BCUT2D eigenvalue weighted by atomic mass is 79.9. The van der Waals surface area contributed by atoms with Crippen LogP contribution in [0.3, 0.4) is 0 Å². The highest BCUT2D eigenvalue weighted by Gasteiger charge is 2.29. The van der Waals surface area contributed by atoms with Crippen molar-refractivity contribution in [2.24, 2.45) is 5.10 Å². The van der Waals surface area contributed by atoms with Crippen LogP contribution in [0.1, 0.15) is 0 Å². The molecule has 0 aromatic carbocycles. The zero-order valence-corrected chi connectivity index (χ0v) is 9.55. The molecule has 0 amide bonds. The van der Waals surface area contributed by atoms with E-state index >= 15 is 0 Å². The Morgan fingerprint density at radius 2 is 2.25 bits per heavy atom. The van der Waals surface area contributed by atoms with E-state index in [4.69, 9.17) is 0 Å². The van der Waals surface area contributed by atoms with Gasteiger partial charge >= 0.3 is 0 Å². The summed E-state index contributed by atoms with van der Waals surface area (Å²) in [5, 5.41) is 6.01. The van der Waals surface area contributed by atoms with Gasteiger partial charge in [-0.15, -0.1) is 0 Å². The molecule has 1 heterocycles. The first-order valence-electron chi connectivity index (χ1n) is 3.50. The minimum Gasteiger partial charge on any atom is -0.232 e. The van der Waals surface area contributed by atoms with Crippen LogP contribution in [0.25, 0.3) is 0 Å². The van der Waals surface area contributed by atoms with Gasteiger partial charge in [-0.05, 0) is 28.1 Å². The van der Waals surface area contributed by atoms with Crippen LogP contribution < -0.4 is 5.43 Å². The SMILES string of the molecule is CN1N=C2C(Br)=CC=C(Br)C2N1. The van der Waals surface area contributed by atoms with Crippen LogP contribution in [-0.2, 0) is 0 Å². The van der Waals surface area contributed by atoms with Crippen molar-refractivity contribution in [2.75, 3.05) is 7.05 Å². The number of fused-ring (bicyclic) bond motifs is 1. The maximum Gasteiger partial charge on any atom is 0.104 e. The summed E-state index contributed by atoms with van der Waals surface area (Å²) in [6.45, 7) is 0. The molecule has 2 aliphatic rings. The number of halogens is 2. The van der Waals surface area contributed by atoms with Crippen LogP contribution in [0, 0.1) is 0 Å². The fraction of sp³-hybridized carbons (Fsp3) is 0.286. The number of hydrogen-bond donors (Lipinski definition) is 1. The van der Waals surface area contributed by atoms with Gasteiger partial charge in [0.1, 0.15) is 11.8 Å².